The fourth-order valence-electron chi connectivity index (χ4n) is 1.80. The standard InChI is InChI=1S/C14H11ClF3NO3S/c1-22-13-6-5-10(15)8-12(13)19-23(20,21)11-4-2-3-9(7-11)14(16,17)18/h2-8,19H,1H3. The maximum atomic E-state index is 12.7. The molecule has 2 rings (SSSR count). The predicted octanol–water partition coefficient (Wildman–Crippen LogP) is 4.17. The first kappa shape index (κ1) is 17.4. The quantitative estimate of drug-likeness (QED) is 0.884. The van der Waals surface area contributed by atoms with Gasteiger partial charge in [-0.1, -0.05) is 17.7 Å². The van der Waals surface area contributed by atoms with Crippen LogP contribution in [-0.4, -0.2) is 15.5 Å². The van der Waals surface area contributed by atoms with Gasteiger partial charge in [0.05, 0.1) is 23.3 Å². The van der Waals surface area contributed by atoms with Crippen LogP contribution in [0.5, 0.6) is 5.75 Å². The molecule has 0 unspecified atom stereocenters. The van der Waals surface area contributed by atoms with E-state index in [0.29, 0.717) is 6.07 Å². The van der Waals surface area contributed by atoms with Gasteiger partial charge in [0.2, 0.25) is 0 Å². The molecule has 0 fully saturated rings. The lowest BCUT2D eigenvalue weighted by atomic mass is 10.2. The molecule has 9 heteroatoms. The summed E-state index contributed by atoms with van der Waals surface area (Å²) >= 11 is 5.79. The maximum absolute atomic E-state index is 12.7. The second kappa shape index (κ2) is 6.29. The van der Waals surface area contributed by atoms with Crippen LogP contribution in [0, 0.1) is 0 Å². The van der Waals surface area contributed by atoms with E-state index in [2.05, 4.69) is 4.72 Å². The molecule has 124 valence electrons. The fraction of sp³-hybridized carbons (Fsp3) is 0.143. The molecule has 2 aromatic rings. The van der Waals surface area contributed by atoms with Crippen molar-refractivity contribution in [3.8, 4) is 5.75 Å². The molecule has 0 aliphatic carbocycles. The predicted molar refractivity (Wildman–Crippen MR) is 80.3 cm³/mol. The smallest absolute Gasteiger partial charge is 0.416 e. The number of alkyl halides is 3. The highest BCUT2D eigenvalue weighted by atomic mass is 35.5. The molecule has 1 N–H and O–H groups in total. The first-order valence-corrected chi connectivity index (χ1v) is 8.03. The van der Waals surface area contributed by atoms with Crippen molar-refractivity contribution in [2.45, 2.75) is 11.1 Å². The first-order valence-electron chi connectivity index (χ1n) is 6.17. The van der Waals surface area contributed by atoms with Crippen LogP contribution in [0.15, 0.2) is 47.4 Å². The maximum Gasteiger partial charge on any atom is 0.416 e. The minimum atomic E-state index is -4.64. The van der Waals surface area contributed by atoms with Gasteiger partial charge in [-0.25, -0.2) is 8.42 Å². The van der Waals surface area contributed by atoms with Crippen LogP contribution < -0.4 is 9.46 Å². The number of rotatable bonds is 4. The normalized spacial score (nSPS) is 12.0. The molecule has 0 spiro atoms. The third-order valence-electron chi connectivity index (χ3n) is 2.88. The molecule has 0 aromatic heterocycles. The van der Waals surface area contributed by atoms with Crippen molar-refractivity contribution < 1.29 is 26.3 Å². The van der Waals surface area contributed by atoms with E-state index >= 15 is 0 Å². The average Bonchev–Trinajstić information content (AvgIpc) is 2.46. The number of halogens is 4. The number of anilines is 1. The topological polar surface area (TPSA) is 55.4 Å². The lowest BCUT2D eigenvalue weighted by molar-refractivity contribution is -0.137. The summed E-state index contributed by atoms with van der Waals surface area (Å²) in [6.45, 7) is 0. The van der Waals surface area contributed by atoms with Gasteiger partial charge >= 0.3 is 6.18 Å². The largest absolute Gasteiger partial charge is 0.495 e. The molecule has 0 aliphatic rings. The number of benzene rings is 2. The number of hydrogen-bond acceptors (Lipinski definition) is 3. The molecule has 2 aromatic carbocycles. The highest BCUT2D eigenvalue weighted by Gasteiger charge is 2.31. The molecular weight excluding hydrogens is 355 g/mol. The average molecular weight is 366 g/mol. The summed E-state index contributed by atoms with van der Waals surface area (Å²) in [6, 6.07) is 7.65. The van der Waals surface area contributed by atoms with Crippen molar-refractivity contribution in [3.63, 3.8) is 0 Å². The SMILES string of the molecule is COc1ccc(Cl)cc1NS(=O)(=O)c1cccc(C(F)(F)F)c1. The van der Waals surface area contributed by atoms with Gasteiger partial charge in [0.25, 0.3) is 10.0 Å². The zero-order valence-electron chi connectivity index (χ0n) is 11.7. The van der Waals surface area contributed by atoms with E-state index in [1.807, 2.05) is 0 Å². The third-order valence-corrected chi connectivity index (χ3v) is 4.48. The van der Waals surface area contributed by atoms with Crippen molar-refractivity contribution in [1.29, 1.82) is 0 Å². The fourth-order valence-corrected chi connectivity index (χ4v) is 3.08. The summed E-state index contributed by atoms with van der Waals surface area (Å²) in [4.78, 5) is -0.519. The van der Waals surface area contributed by atoms with Gasteiger partial charge in [-0.2, -0.15) is 13.2 Å². The Labute approximate surface area is 135 Å². The molecule has 0 bridgehead atoms. The van der Waals surface area contributed by atoms with Crippen molar-refractivity contribution in [2.75, 3.05) is 11.8 Å². The summed E-state index contributed by atoms with van der Waals surface area (Å²) in [6.07, 6.45) is -4.64. The van der Waals surface area contributed by atoms with Crippen molar-refractivity contribution in [2.24, 2.45) is 0 Å². The van der Waals surface area contributed by atoms with Crippen molar-refractivity contribution in [1.82, 2.24) is 0 Å². The van der Waals surface area contributed by atoms with Gasteiger partial charge in [-0.05, 0) is 36.4 Å². The van der Waals surface area contributed by atoms with Crippen molar-refractivity contribution in [3.05, 3.63) is 53.1 Å². The Morgan fingerprint density at radius 2 is 1.83 bits per heavy atom. The van der Waals surface area contributed by atoms with Crippen LogP contribution in [-0.2, 0) is 16.2 Å². The number of methoxy groups -OCH3 is 1. The van der Waals surface area contributed by atoms with Gasteiger partial charge in [0, 0.05) is 5.02 Å². The molecule has 0 saturated carbocycles. The Bertz CT molecular complexity index is 822. The monoisotopic (exact) mass is 365 g/mol. The summed E-state index contributed by atoms with van der Waals surface area (Å²) < 4.78 is 69.8. The zero-order valence-corrected chi connectivity index (χ0v) is 13.3. The molecule has 0 amide bonds. The number of sulfonamides is 1. The van der Waals surface area contributed by atoms with Crippen LogP contribution in [0.2, 0.25) is 5.02 Å². The van der Waals surface area contributed by atoms with Gasteiger partial charge in [-0.15, -0.1) is 0 Å². The Morgan fingerprint density at radius 1 is 1.13 bits per heavy atom. The van der Waals surface area contributed by atoms with E-state index in [4.69, 9.17) is 16.3 Å². The summed E-state index contributed by atoms with van der Waals surface area (Å²) in [5, 5.41) is 0.243. The van der Waals surface area contributed by atoms with E-state index in [1.165, 1.54) is 25.3 Å². The lowest BCUT2D eigenvalue weighted by Gasteiger charge is -2.13. The van der Waals surface area contributed by atoms with E-state index < -0.39 is 26.7 Å². The van der Waals surface area contributed by atoms with Crippen LogP contribution in [0.3, 0.4) is 0 Å². The summed E-state index contributed by atoms with van der Waals surface area (Å²) in [7, 11) is -2.91. The molecule has 0 aliphatic heterocycles. The Hall–Kier alpha value is -1.93. The molecular formula is C14H11ClF3NO3S. The molecule has 4 nitrogen and oxygen atoms in total. The lowest BCUT2D eigenvalue weighted by Crippen LogP contribution is -2.15. The highest BCUT2D eigenvalue weighted by Crippen LogP contribution is 2.32. The third kappa shape index (κ3) is 4.08. The number of nitrogens with one attached hydrogen (secondary N) is 1. The van der Waals surface area contributed by atoms with E-state index in [-0.39, 0.29) is 16.5 Å². The van der Waals surface area contributed by atoms with Crippen LogP contribution in [0.1, 0.15) is 5.56 Å². The molecule has 0 saturated heterocycles. The molecule has 0 atom stereocenters. The first-order chi connectivity index (χ1) is 10.6. The van der Waals surface area contributed by atoms with Crippen LogP contribution in [0.4, 0.5) is 18.9 Å². The van der Waals surface area contributed by atoms with Gasteiger partial charge < -0.3 is 4.74 Å². The molecule has 23 heavy (non-hydrogen) atoms. The molecule has 0 heterocycles. The highest BCUT2D eigenvalue weighted by molar-refractivity contribution is 7.92. The minimum absolute atomic E-state index is 0.0254. The van der Waals surface area contributed by atoms with E-state index in [0.717, 1.165) is 18.2 Å². The summed E-state index contributed by atoms with van der Waals surface area (Å²) in [5.41, 5.74) is -1.03. The minimum Gasteiger partial charge on any atom is -0.495 e. The van der Waals surface area contributed by atoms with Gasteiger partial charge in [0.15, 0.2) is 0 Å². The Morgan fingerprint density at radius 3 is 2.43 bits per heavy atom. The van der Waals surface area contributed by atoms with Crippen LogP contribution >= 0.6 is 11.6 Å². The number of hydrogen-bond donors (Lipinski definition) is 1. The van der Waals surface area contributed by atoms with E-state index in [1.54, 1.807) is 0 Å². The summed E-state index contributed by atoms with van der Waals surface area (Å²) in [5.74, 6) is 0.185. The second-order valence-electron chi connectivity index (χ2n) is 4.48. The molecule has 0 radical (unpaired) electrons. The van der Waals surface area contributed by atoms with Crippen molar-refractivity contribution >= 4 is 27.3 Å². The Kier molecular flexibility index (Phi) is 4.76. The Balaban J connectivity index is 2.42. The van der Waals surface area contributed by atoms with Gasteiger partial charge in [-0.3, -0.25) is 4.72 Å². The zero-order chi connectivity index (χ0) is 17.3. The van der Waals surface area contributed by atoms with Gasteiger partial charge in [0.1, 0.15) is 5.75 Å². The van der Waals surface area contributed by atoms with Crippen LogP contribution in [0.25, 0.3) is 0 Å². The van der Waals surface area contributed by atoms with E-state index in [9.17, 15) is 21.6 Å². The number of ether oxygens (including phenoxy) is 1. The second-order valence-corrected chi connectivity index (χ2v) is 6.59.